The number of hydrogen-bond acceptors (Lipinski definition) is 2. The maximum atomic E-state index is 12.4. The quantitative estimate of drug-likeness (QED) is 0.899. The number of urea groups is 1. The van der Waals surface area contributed by atoms with Gasteiger partial charge in [-0.2, -0.15) is 0 Å². The molecule has 1 unspecified atom stereocenters. The average molecular weight is 290 g/mol. The van der Waals surface area contributed by atoms with Gasteiger partial charge in [-0.3, -0.25) is 4.90 Å². The predicted octanol–water partition coefficient (Wildman–Crippen LogP) is 2.89. The van der Waals surface area contributed by atoms with Gasteiger partial charge in [0.15, 0.2) is 0 Å². The second kappa shape index (κ2) is 6.16. The zero-order valence-electron chi connectivity index (χ0n) is 12.7. The van der Waals surface area contributed by atoms with Gasteiger partial charge in [-0.15, -0.1) is 0 Å². The fourth-order valence-electron chi connectivity index (χ4n) is 2.38. The first-order valence-corrected chi connectivity index (χ1v) is 7.34. The molecule has 1 heterocycles. The predicted molar refractivity (Wildman–Crippen MR) is 81.9 cm³/mol. The molecule has 2 N–H and O–H groups in total. The van der Waals surface area contributed by atoms with Crippen molar-refractivity contribution in [2.45, 2.75) is 39.7 Å². The lowest BCUT2D eigenvalue weighted by atomic mass is 9.99. The third-order valence-corrected chi connectivity index (χ3v) is 4.04. The van der Waals surface area contributed by atoms with Crippen molar-refractivity contribution < 1.29 is 14.7 Å². The van der Waals surface area contributed by atoms with Crippen molar-refractivity contribution in [2.24, 2.45) is 5.92 Å². The van der Waals surface area contributed by atoms with Crippen LogP contribution in [-0.4, -0.2) is 29.7 Å². The SMILES string of the molecule is CC(C)C(C)NC(=O)N1CCCc2cc(C(=O)O)ccc21. The summed E-state index contributed by atoms with van der Waals surface area (Å²) in [5, 5.41) is 12.0. The number of fused-ring (bicyclic) bond motifs is 1. The third kappa shape index (κ3) is 3.35. The molecular weight excluding hydrogens is 268 g/mol. The lowest BCUT2D eigenvalue weighted by Gasteiger charge is -2.31. The van der Waals surface area contributed by atoms with Gasteiger partial charge in [0.1, 0.15) is 0 Å². The molecule has 0 saturated carbocycles. The molecule has 1 aliphatic heterocycles. The molecule has 0 saturated heterocycles. The minimum atomic E-state index is -0.937. The Bertz CT molecular complexity index is 554. The third-order valence-electron chi connectivity index (χ3n) is 4.04. The fraction of sp³-hybridized carbons (Fsp3) is 0.500. The summed E-state index contributed by atoms with van der Waals surface area (Å²) in [6.45, 7) is 6.78. The first kappa shape index (κ1) is 15.4. The average Bonchev–Trinajstić information content (AvgIpc) is 2.45. The van der Waals surface area contributed by atoms with Crippen LogP contribution in [0.15, 0.2) is 18.2 Å². The summed E-state index contributed by atoms with van der Waals surface area (Å²) in [7, 11) is 0. The molecule has 1 aromatic carbocycles. The number of rotatable bonds is 3. The van der Waals surface area contributed by atoms with Crippen LogP contribution in [0.2, 0.25) is 0 Å². The number of nitrogens with zero attached hydrogens (tertiary/aromatic N) is 1. The molecule has 0 aromatic heterocycles. The van der Waals surface area contributed by atoms with E-state index in [2.05, 4.69) is 19.2 Å². The van der Waals surface area contributed by atoms with Crippen LogP contribution in [0.4, 0.5) is 10.5 Å². The minimum Gasteiger partial charge on any atom is -0.478 e. The number of amides is 2. The molecular formula is C16H22N2O3. The zero-order valence-corrected chi connectivity index (χ0v) is 12.7. The lowest BCUT2D eigenvalue weighted by Crippen LogP contribution is -2.47. The standard InChI is InChI=1S/C16H22N2O3/c1-10(2)11(3)17-16(21)18-8-4-5-12-9-13(15(19)20)6-7-14(12)18/h6-7,9-11H,4-5,8H2,1-3H3,(H,17,21)(H,19,20). The van der Waals surface area contributed by atoms with Crippen molar-refractivity contribution >= 4 is 17.7 Å². The van der Waals surface area contributed by atoms with Crippen LogP contribution in [0.1, 0.15) is 43.1 Å². The summed E-state index contributed by atoms with van der Waals surface area (Å²) in [6, 6.07) is 4.94. The molecule has 2 amide bonds. The van der Waals surface area contributed by atoms with Gasteiger partial charge in [-0.05, 0) is 49.4 Å². The Morgan fingerprint density at radius 1 is 1.29 bits per heavy atom. The van der Waals surface area contributed by atoms with Crippen molar-refractivity contribution in [1.29, 1.82) is 0 Å². The van der Waals surface area contributed by atoms with Crippen LogP contribution in [-0.2, 0) is 6.42 Å². The van der Waals surface area contributed by atoms with Gasteiger partial charge < -0.3 is 10.4 Å². The summed E-state index contributed by atoms with van der Waals surface area (Å²) in [4.78, 5) is 25.1. The molecule has 0 bridgehead atoms. The van der Waals surface area contributed by atoms with Crippen LogP contribution in [0, 0.1) is 5.92 Å². The van der Waals surface area contributed by atoms with Crippen LogP contribution in [0.3, 0.4) is 0 Å². The molecule has 1 atom stereocenters. The first-order chi connectivity index (χ1) is 9.90. The smallest absolute Gasteiger partial charge is 0.335 e. The van der Waals surface area contributed by atoms with Crippen LogP contribution in [0.5, 0.6) is 0 Å². The molecule has 2 rings (SSSR count). The number of carboxylic acid groups (broad SMARTS) is 1. The Hall–Kier alpha value is -2.04. The number of carboxylic acids is 1. The highest BCUT2D eigenvalue weighted by Crippen LogP contribution is 2.28. The summed E-state index contributed by atoms with van der Waals surface area (Å²) in [5.74, 6) is -0.569. The molecule has 1 aromatic rings. The van der Waals surface area contributed by atoms with E-state index in [4.69, 9.17) is 5.11 Å². The van der Waals surface area contributed by atoms with E-state index in [1.165, 1.54) is 0 Å². The van der Waals surface area contributed by atoms with E-state index >= 15 is 0 Å². The van der Waals surface area contributed by atoms with Crippen molar-refractivity contribution in [3.05, 3.63) is 29.3 Å². The molecule has 5 heteroatoms. The summed E-state index contributed by atoms with van der Waals surface area (Å²) >= 11 is 0. The van der Waals surface area contributed by atoms with Crippen molar-refractivity contribution in [3.63, 3.8) is 0 Å². The zero-order chi connectivity index (χ0) is 15.6. The number of aryl methyl sites for hydroxylation is 1. The van der Waals surface area contributed by atoms with E-state index in [1.807, 2.05) is 6.92 Å². The summed E-state index contributed by atoms with van der Waals surface area (Å²) in [5.41, 5.74) is 2.01. The first-order valence-electron chi connectivity index (χ1n) is 7.34. The largest absolute Gasteiger partial charge is 0.478 e. The van der Waals surface area contributed by atoms with Crippen LogP contribution < -0.4 is 10.2 Å². The maximum absolute atomic E-state index is 12.4. The van der Waals surface area contributed by atoms with E-state index < -0.39 is 5.97 Å². The molecule has 0 radical (unpaired) electrons. The highest BCUT2D eigenvalue weighted by atomic mass is 16.4. The van der Waals surface area contributed by atoms with Crippen LogP contribution >= 0.6 is 0 Å². The summed E-state index contributed by atoms with van der Waals surface area (Å²) < 4.78 is 0. The molecule has 0 aliphatic carbocycles. The van der Waals surface area contributed by atoms with E-state index in [-0.39, 0.29) is 17.6 Å². The minimum absolute atomic E-state index is 0.0983. The van der Waals surface area contributed by atoms with Crippen molar-refractivity contribution in [1.82, 2.24) is 5.32 Å². The highest BCUT2D eigenvalue weighted by molar-refractivity contribution is 5.95. The van der Waals surface area contributed by atoms with E-state index in [0.29, 0.717) is 12.5 Å². The number of carbonyl (C=O) groups excluding carboxylic acids is 1. The van der Waals surface area contributed by atoms with E-state index in [9.17, 15) is 9.59 Å². The number of hydrogen-bond donors (Lipinski definition) is 2. The second-order valence-corrected chi connectivity index (χ2v) is 5.89. The Balaban J connectivity index is 2.22. The Morgan fingerprint density at radius 2 is 2.00 bits per heavy atom. The van der Waals surface area contributed by atoms with Crippen LogP contribution in [0.25, 0.3) is 0 Å². The van der Waals surface area contributed by atoms with E-state index in [1.54, 1.807) is 23.1 Å². The van der Waals surface area contributed by atoms with Gasteiger partial charge in [0, 0.05) is 18.3 Å². The number of aromatic carboxylic acids is 1. The fourth-order valence-corrected chi connectivity index (χ4v) is 2.38. The van der Waals surface area contributed by atoms with E-state index in [0.717, 1.165) is 24.1 Å². The number of nitrogens with one attached hydrogen (secondary N) is 1. The molecule has 5 nitrogen and oxygen atoms in total. The topological polar surface area (TPSA) is 69.6 Å². The molecule has 1 aliphatic rings. The normalized spacial score (nSPS) is 15.5. The van der Waals surface area contributed by atoms with Gasteiger partial charge in [0.25, 0.3) is 0 Å². The molecule has 114 valence electrons. The monoisotopic (exact) mass is 290 g/mol. The van der Waals surface area contributed by atoms with Crippen molar-refractivity contribution in [2.75, 3.05) is 11.4 Å². The number of carbonyl (C=O) groups is 2. The molecule has 21 heavy (non-hydrogen) atoms. The van der Waals surface area contributed by atoms with Gasteiger partial charge in [0.2, 0.25) is 0 Å². The molecule has 0 fully saturated rings. The van der Waals surface area contributed by atoms with Gasteiger partial charge >= 0.3 is 12.0 Å². The summed E-state index contributed by atoms with van der Waals surface area (Å²) in [6.07, 6.45) is 1.65. The van der Waals surface area contributed by atoms with Gasteiger partial charge in [-0.1, -0.05) is 13.8 Å². The van der Waals surface area contributed by atoms with Crippen molar-refractivity contribution in [3.8, 4) is 0 Å². The number of anilines is 1. The molecule has 0 spiro atoms. The second-order valence-electron chi connectivity index (χ2n) is 5.89. The Morgan fingerprint density at radius 3 is 2.62 bits per heavy atom. The number of benzene rings is 1. The van der Waals surface area contributed by atoms with Gasteiger partial charge in [0.05, 0.1) is 5.56 Å². The Labute approximate surface area is 125 Å². The van der Waals surface area contributed by atoms with Gasteiger partial charge in [-0.25, -0.2) is 9.59 Å². The maximum Gasteiger partial charge on any atom is 0.335 e. The highest BCUT2D eigenvalue weighted by Gasteiger charge is 2.24. The Kier molecular flexibility index (Phi) is 4.50. The lowest BCUT2D eigenvalue weighted by molar-refractivity contribution is 0.0696.